The number of rotatable bonds is 2. The molecule has 122 valence electrons. The SMILES string of the molecule is C[C@@H]1C[C@@H](N)CCN1C(=O)c1ccn(-c2c(F)cccc2F)n1. The first kappa shape index (κ1) is 15.6. The number of hydrogen-bond acceptors (Lipinski definition) is 3. The van der Waals surface area contributed by atoms with Crippen LogP contribution in [0.1, 0.15) is 30.3 Å². The van der Waals surface area contributed by atoms with Gasteiger partial charge in [0.1, 0.15) is 5.69 Å². The number of benzene rings is 1. The van der Waals surface area contributed by atoms with Crippen molar-refractivity contribution in [1.29, 1.82) is 0 Å². The molecule has 1 aromatic heterocycles. The van der Waals surface area contributed by atoms with Crippen molar-refractivity contribution in [1.82, 2.24) is 14.7 Å². The monoisotopic (exact) mass is 320 g/mol. The van der Waals surface area contributed by atoms with Crippen LogP contribution < -0.4 is 5.73 Å². The molecule has 1 aliphatic rings. The second-order valence-electron chi connectivity index (χ2n) is 5.85. The predicted molar refractivity (Wildman–Crippen MR) is 81.2 cm³/mol. The van der Waals surface area contributed by atoms with Crippen LogP contribution in [0.3, 0.4) is 0 Å². The molecule has 0 spiro atoms. The molecule has 7 heteroatoms. The number of aromatic nitrogens is 2. The topological polar surface area (TPSA) is 64.2 Å². The number of hydrogen-bond donors (Lipinski definition) is 1. The van der Waals surface area contributed by atoms with E-state index in [2.05, 4.69) is 5.10 Å². The van der Waals surface area contributed by atoms with Gasteiger partial charge in [0.05, 0.1) is 0 Å². The number of piperidine rings is 1. The van der Waals surface area contributed by atoms with Crippen molar-refractivity contribution < 1.29 is 13.6 Å². The Labute approximate surface area is 132 Å². The largest absolute Gasteiger partial charge is 0.334 e. The summed E-state index contributed by atoms with van der Waals surface area (Å²) in [5.41, 5.74) is 5.77. The number of nitrogens with zero attached hydrogens (tertiary/aromatic N) is 3. The van der Waals surface area contributed by atoms with Gasteiger partial charge in [-0.05, 0) is 38.0 Å². The first-order valence-electron chi connectivity index (χ1n) is 7.54. The third kappa shape index (κ3) is 2.96. The van der Waals surface area contributed by atoms with E-state index >= 15 is 0 Å². The van der Waals surface area contributed by atoms with Gasteiger partial charge in [-0.1, -0.05) is 6.07 Å². The fourth-order valence-corrected chi connectivity index (χ4v) is 2.93. The summed E-state index contributed by atoms with van der Waals surface area (Å²) in [6.07, 6.45) is 2.85. The summed E-state index contributed by atoms with van der Waals surface area (Å²) in [5, 5.41) is 4.04. The highest BCUT2D eigenvalue weighted by molar-refractivity contribution is 5.92. The third-order valence-electron chi connectivity index (χ3n) is 4.15. The predicted octanol–water partition coefficient (Wildman–Crippen LogP) is 2.10. The van der Waals surface area contributed by atoms with Gasteiger partial charge in [-0.3, -0.25) is 4.79 Å². The molecule has 2 N–H and O–H groups in total. The van der Waals surface area contributed by atoms with Gasteiger partial charge >= 0.3 is 0 Å². The molecule has 1 amide bonds. The molecule has 0 unspecified atom stereocenters. The highest BCUT2D eigenvalue weighted by Crippen LogP contribution is 2.20. The van der Waals surface area contributed by atoms with Crippen LogP contribution in [0.25, 0.3) is 5.69 Å². The molecular weight excluding hydrogens is 302 g/mol. The minimum atomic E-state index is -0.732. The summed E-state index contributed by atoms with van der Waals surface area (Å²) >= 11 is 0. The Hall–Kier alpha value is -2.28. The summed E-state index contributed by atoms with van der Waals surface area (Å²) in [7, 11) is 0. The van der Waals surface area contributed by atoms with E-state index in [-0.39, 0.29) is 29.4 Å². The van der Waals surface area contributed by atoms with E-state index in [1.54, 1.807) is 4.90 Å². The van der Waals surface area contributed by atoms with Crippen LogP contribution in [-0.4, -0.2) is 39.2 Å². The van der Waals surface area contributed by atoms with E-state index in [4.69, 9.17) is 5.73 Å². The van der Waals surface area contributed by atoms with Crippen molar-refractivity contribution in [2.45, 2.75) is 31.8 Å². The number of amides is 1. The van der Waals surface area contributed by atoms with Crippen LogP contribution in [0.15, 0.2) is 30.5 Å². The molecule has 0 bridgehead atoms. The zero-order chi connectivity index (χ0) is 16.6. The van der Waals surface area contributed by atoms with Crippen LogP contribution in [-0.2, 0) is 0 Å². The Morgan fingerprint density at radius 2 is 2.00 bits per heavy atom. The van der Waals surface area contributed by atoms with Gasteiger partial charge < -0.3 is 10.6 Å². The van der Waals surface area contributed by atoms with Gasteiger partial charge in [-0.25, -0.2) is 13.5 Å². The third-order valence-corrected chi connectivity index (χ3v) is 4.15. The second-order valence-corrected chi connectivity index (χ2v) is 5.85. The molecule has 0 radical (unpaired) electrons. The Morgan fingerprint density at radius 1 is 1.30 bits per heavy atom. The van der Waals surface area contributed by atoms with Crippen LogP contribution in [0, 0.1) is 11.6 Å². The van der Waals surface area contributed by atoms with Gasteiger partial charge in [0.15, 0.2) is 17.3 Å². The molecule has 2 aromatic rings. The van der Waals surface area contributed by atoms with Crippen molar-refractivity contribution >= 4 is 5.91 Å². The van der Waals surface area contributed by atoms with Crippen LogP contribution in [0.5, 0.6) is 0 Å². The van der Waals surface area contributed by atoms with Gasteiger partial charge in [0.2, 0.25) is 0 Å². The lowest BCUT2D eigenvalue weighted by Gasteiger charge is -2.35. The Bertz CT molecular complexity index is 710. The van der Waals surface area contributed by atoms with Crippen molar-refractivity contribution in [3.8, 4) is 5.69 Å². The van der Waals surface area contributed by atoms with Gasteiger partial charge in [0, 0.05) is 24.8 Å². The molecule has 1 aliphatic heterocycles. The first-order chi connectivity index (χ1) is 11.0. The van der Waals surface area contributed by atoms with E-state index in [9.17, 15) is 13.6 Å². The van der Waals surface area contributed by atoms with E-state index < -0.39 is 11.6 Å². The fraction of sp³-hybridized carbons (Fsp3) is 0.375. The van der Waals surface area contributed by atoms with Gasteiger partial charge in [-0.2, -0.15) is 5.10 Å². The summed E-state index contributed by atoms with van der Waals surface area (Å²) in [5.74, 6) is -1.71. The quantitative estimate of drug-likeness (QED) is 0.921. The maximum absolute atomic E-state index is 13.8. The number of likely N-dealkylation sites (tertiary alicyclic amines) is 1. The molecule has 5 nitrogen and oxygen atoms in total. The first-order valence-corrected chi connectivity index (χ1v) is 7.54. The van der Waals surface area contributed by atoms with Gasteiger partial charge in [-0.15, -0.1) is 0 Å². The lowest BCUT2D eigenvalue weighted by Crippen LogP contribution is -2.48. The standard InChI is InChI=1S/C16H18F2N4O/c1-10-9-11(19)5-7-21(10)16(23)14-6-8-22(20-14)15-12(17)3-2-4-13(15)18/h2-4,6,8,10-11H,5,7,9,19H2,1H3/t10-,11+/m1/s1. The molecule has 23 heavy (non-hydrogen) atoms. The van der Waals surface area contributed by atoms with E-state index in [1.165, 1.54) is 18.3 Å². The fourth-order valence-electron chi connectivity index (χ4n) is 2.93. The summed E-state index contributed by atoms with van der Waals surface area (Å²) in [6.45, 7) is 2.49. The zero-order valence-corrected chi connectivity index (χ0v) is 12.7. The van der Waals surface area contributed by atoms with Crippen LogP contribution in [0.4, 0.5) is 8.78 Å². The number of carbonyl (C=O) groups is 1. The summed E-state index contributed by atoms with van der Waals surface area (Å²) in [4.78, 5) is 14.3. The van der Waals surface area contributed by atoms with E-state index in [0.29, 0.717) is 6.54 Å². The van der Waals surface area contributed by atoms with Crippen molar-refractivity contribution in [2.75, 3.05) is 6.54 Å². The van der Waals surface area contributed by atoms with Crippen LogP contribution in [0.2, 0.25) is 0 Å². The lowest BCUT2D eigenvalue weighted by molar-refractivity contribution is 0.0612. The highest BCUT2D eigenvalue weighted by Gasteiger charge is 2.29. The van der Waals surface area contributed by atoms with Crippen molar-refractivity contribution in [3.63, 3.8) is 0 Å². The van der Waals surface area contributed by atoms with Crippen molar-refractivity contribution in [2.24, 2.45) is 5.73 Å². The molecule has 1 fully saturated rings. The molecule has 3 rings (SSSR count). The smallest absolute Gasteiger partial charge is 0.274 e. The highest BCUT2D eigenvalue weighted by atomic mass is 19.1. The normalized spacial score (nSPS) is 21.5. The minimum absolute atomic E-state index is 0.0154. The molecular formula is C16H18F2N4O. The van der Waals surface area contributed by atoms with E-state index in [1.807, 2.05) is 6.92 Å². The summed E-state index contributed by atoms with van der Waals surface area (Å²) < 4.78 is 28.6. The van der Waals surface area contributed by atoms with Crippen LogP contribution >= 0.6 is 0 Å². The van der Waals surface area contributed by atoms with Gasteiger partial charge in [0.25, 0.3) is 5.91 Å². The maximum Gasteiger partial charge on any atom is 0.274 e. The zero-order valence-electron chi connectivity index (χ0n) is 12.7. The number of carbonyl (C=O) groups excluding carboxylic acids is 1. The minimum Gasteiger partial charge on any atom is -0.334 e. The molecule has 2 heterocycles. The number of para-hydroxylation sites is 1. The lowest BCUT2D eigenvalue weighted by atomic mass is 9.99. The Balaban J connectivity index is 1.86. The maximum atomic E-state index is 13.8. The Morgan fingerprint density at radius 3 is 2.65 bits per heavy atom. The molecule has 0 saturated carbocycles. The van der Waals surface area contributed by atoms with E-state index in [0.717, 1.165) is 29.7 Å². The molecule has 2 atom stereocenters. The molecule has 0 aliphatic carbocycles. The Kier molecular flexibility index (Phi) is 4.12. The average Bonchev–Trinajstić information content (AvgIpc) is 2.96. The summed E-state index contributed by atoms with van der Waals surface area (Å²) in [6, 6.07) is 5.16. The number of nitrogens with two attached hydrogens (primary N) is 1. The van der Waals surface area contributed by atoms with Crippen molar-refractivity contribution in [3.05, 3.63) is 47.8 Å². The number of halogens is 2. The molecule has 1 saturated heterocycles. The molecule has 1 aromatic carbocycles. The average molecular weight is 320 g/mol. The second kappa shape index (κ2) is 6.08.